The molecule has 0 fully saturated rings. The van der Waals surface area contributed by atoms with Gasteiger partial charge in [0, 0.05) is 11.6 Å². The lowest BCUT2D eigenvalue weighted by molar-refractivity contribution is 0.441. The number of nitrogens with two attached hydrogens (primary N) is 1. The second-order valence-electron chi connectivity index (χ2n) is 3.95. The van der Waals surface area contributed by atoms with Gasteiger partial charge in [-0.25, -0.2) is 0 Å². The number of hydrogen-bond acceptors (Lipinski definition) is 3. The van der Waals surface area contributed by atoms with Crippen LogP contribution in [-0.2, 0) is 0 Å². The molecule has 84 valence electrons. The van der Waals surface area contributed by atoms with Crippen molar-refractivity contribution < 1.29 is 10.2 Å². The van der Waals surface area contributed by atoms with E-state index in [4.69, 9.17) is 5.73 Å². The van der Waals surface area contributed by atoms with E-state index in [1.807, 2.05) is 13.8 Å². The Balaban J connectivity index is 3.07. The fourth-order valence-electron chi connectivity index (χ4n) is 1.72. The summed E-state index contributed by atoms with van der Waals surface area (Å²) in [6.07, 6.45) is 0.760. The molecule has 0 aliphatic heterocycles. The summed E-state index contributed by atoms with van der Waals surface area (Å²) in [5.41, 5.74) is 6.42. The number of aromatic hydroxyl groups is 2. The largest absolute Gasteiger partial charge is 0.508 e. The predicted octanol–water partition coefficient (Wildman–Crippen LogP) is 2.70. The molecule has 3 nitrogen and oxygen atoms in total. The first-order chi connectivity index (χ1) is 6.93. The molecule has 4 heteroatoms. The summed E-state index contributed by atoms with van der Waals surface area (Å²) >= 11 is 3.27. The topological polar surface area (TPSA) is 66.5 Å². The van der Waals surface area contributed by atoms with Crippen LogP contribution in [0.1, 0.15) is 31.7 Å². The Kier molecular flexibility index (Phi) is 3.99. The standard InChI is InChI=1S/C11H16BrNO2/c1-6(5-7(2)13)10-8(14)3-4-9(15)11(10)12/h3-4,6-7,14-15H,5,13H2,1-2H3. The monoisotopic (exact) mass is 273 g/mol. The molecular weight excluding hydrogens is 258 g/mol. The van der Waals surface area contributed by atoms with Gasteiger partial charge in [-0.3, -0.25) is 0 Å². The van der Waals surface area contributed by atoms with Crippen molar-refractivity contribution in [2.24, 2.45) is 5.73 Å². The molecule has 0 saturated carbocycles. The van der Waals surface area contributed by atoms with E-state index >= 15 is 0 Å². The highest BCUT2D eigenvalue weighted by Crippen LogP contribution is 2.39. The molecule has 1 rings (SSSR count). The van der Waals surface area contributed by atoms with Crippen molar-refractivity contribution in [3.05, 3.63) is 22.2 Å². The SMILES string of the molecule is CC(N)CC(C)c1c(O)ccc(O)c1Br. The fraction of sp³-hybridized carbons (Fsp3) is 0.455. The molecule has 2 atom stereocenters. The van der Waals surface area contributed by atoms with Crippen molar-refractivity contribution in [3.8, 4) is 11.5 Å². The van der Waals surface area contributed by atoms with Crippen LogP contribution in [0.15, 0.2) is 16.6 Å². The quantitative estimate of drug-likeness (QED) is 0.742. The van der Waals surface area contributed by atoms with Crippen molar-refractivity contribution in [1.82, 2.24) is 0 Å². The Labute approximate surface area is 98.1 Å². The molecule has 0 spiro atoms. The van der Waals surface area contributed by atoms with Crippen molar-refractivity contribution in [3.63, 3.8) is 0 Å². The van der Waals surface area contributed by atoms with Gasteiger partial charge in [-0.15, -0.1) is 0 Å². The van der Waals surface area contributed by atoms with Crippen LogP contribution >= 0.6 is 15.9 Å². The summed E-state index contributed by atoms with van der Waals surface area (Å²) < 4.78 is 0.552. The Morgan fingerprint density at radius 3 is 2.33 bits per heavy atom. The van der Waals surface area contributed by atoms with E-state index in [9.17, 15) is 10.2 Å². The maximum Gasteiger partial charge on any atom is 0.130 e. The first-order valence-corrected chi connectivity index (χ1v) is 5.68. The van der Waals surface area contributed by atoms with Gasteiger partial charge in [-0.05, 0) is 47.3 Å². The number of phenolic OH excluding ortho intramolecular Hbond substituents is 2. The van der Waals surface area contributed by atoms with Gasteiger partial charge in [0.05, 0.1) is 4.47 Å². The third-order valence-corrected chi connectivity index (χ3v) is 3.19. The van der Waals surface area contributed by atoms with Gasteiger partial charge in [0.2, 0.25) is 0 Å². The van der Waals surface area contributed by atoms with E-state index in [1.54, 1.807) is 0 Å². The summed E-state index contributed by atoms with van der Waals surface area (Å²) in [4.78, 5) is 0. The predicted molar refractivity (Wildman–Crippen MR) is 64.2 cm³/mol. The molecule has 0 radical (unpaired) electrons. The summed E-state index contributed by atoms with van der Waals surface area (Å²) in [5.74, 6) is 0.429. The Bertz CT molecular complexity index is 353. The zero-order chi connectivity index (χ0) is 11.6. The van der Waals surface area contributed by atoms with Gasteiger partial charge in [0.1, 0.15) is 11.5 Å². The lowest BCUT2D eigenvalue weighted by atomic mass is 9.94. The van der Waals surface area contributed by atoms with Crippen molar-refractivity contribution in [2.75, 3.05) is 0 Å². The van der Waals surface area contributed by atoms with Gasteiger partial charge in [-0.2, -0.15) is 0 Å². The number of hydrogen-bond donors (Lipinski definition) is 3. The van der Waals surface area contributed by atoms with E-state index in [0.717, 1.165) is 6.42 Å². The molecule has 1 aromatic rings. The smallest absolute Gasteiger partial charge is 0.130 e. The van der Waals surface area contributed by atoms with Crippen LogP contribution in [0.3, 0.4) is 0 Å². The molecule has 1 aromatic carbocycles. The van der Waals surface area contributed by atoms with Gasteiger partial charge in [0.25, 0.3) is 0 Å². The minimum atomic E-state index is 0.0636. The molecule has 15 heavy (non-hydrogen) atoms. The Hall–Kier alpha value is -0.740. The number of halogens is 1. The minimum absolute atomic E-state index is 0.0636. The summed E-state index contributed by atoms with van der Waals surface area (Å²) in [6, 6.07) is 3.02. The highest BCUT2D eigenvalue weighted by Gasteiger charge is 2.17. The molecule has 4 N–H and O–H groups in total. The molecule has 0 saturated heterocycles. The van der Waals surface area contributed by atoms with Crippen molar-refractivity contribution in [2.45, 2.75) is 32.2 Å². The summed E-state index contributed by atoms with van der Waals surface area (Å²) in [7, 11) is 0. The molecule has 0 aliphatic carbocycles. The number of phenols is 2. The molecule has 0 heterocycles. The third kappa shape index (κ3) is 2.86. The highest BCUT2D eigenvalue weighted by atomic mass is 79.9. The zero-order valence-corrected chi connectivity index (χ0v) is 10.5. The molecule has 0 bridgehead atoms. The lowest BCUT2D eigenvalue weighted by Crippen LogP contribution is -2.17. The number of rotatable bonds is 3. The van der Waals surface area contributed by atoms with E-state index in [1.165, 1.54) is 12.1 Å². The molecular formula is C11H16BrNO2. The van der Waals surface area contributed by atoms with E-state index < -0.39 is 0 Å². The minimum Gasteiger partial charge on any atom is -0.508 e. The second-order valence-corrected chi connectivity index (χ2v) is 4.74. The Morgan fingerprint density at radius 2 is 1.80 bits per heavy atom. The maximum absolute atomic E-state index is 9.72. The molecule has 2 unspecified atom stereocenters. The highest BCUT2D eigenvalue weighted by molar-refractivity contribution is 9.10. The fourth-order valence-corrected chi connectivity index (χ4v) is 2.44. The summed E-state index contributed by atoms with van der Waals surface area (Å²) in [6.45, 7) is 3.90. The zero-order valence-electron chi connectivity index (χ0n) is 8.87. The van der Waals surface area contributed by atoms with Gasteiger partial charge < -0.3 is 15.9 Å². The van der Waals surface area contributed by atoms with E-state index in [2.05, 4.69) is 15.9 Å². The lowest BCUT2D eigenvalue weighted by Gasteiger charge is -2.17. The van der Waals surface area contributed by atoms with Crippen LogP contribution in [0, 0.1) is 0 Å². The first-order valence-electron chi connectivity index (χ1n) is 4.89. The van der Waals surface area contributed by atoms with Crippen molar-refractivity contribution >= 4 is 15.9 Å². The van der Waals surface area contributed by atoms with Crippen LogP contribution in [0.5, 0.6) is 11.5 Å². The summed E-state index contributed by atoms with van der Waals surface area (Å²) in [5, 5.41) is 19.2. The average molecular weight is 274 g/mol. The van der Waals surface area contributed by atoms with Crippen molar-refractivity contribution in [1.29, 1.82) is 0 Å². The molecule has 0 amide bonds. The van der Waals surface area contributed by atoms with Crippen LogP contribution in [-0.4, -0.2) is 16.3 Å². The van der Waals surface area contributed by atoms with Crippen LogP contribution in [0.4, 0.5) is 0 Å². The Morgan fingerprint density at radius 1 is 1.27 bits per heavy atom. The van der Waals surface area contributed by atoms with Crippen LogP contribution < -0.4 is 5.73 Å². The van der Waals surface area contributed by atoms with Crippen LogP contribution in [0.2, 0.25) is 0 Å². The van der Waals surface area contributed by atoms with Crippen LogP contribution in [0.25, 0.3) is 0 Å². The average Bonchev–Trinajstić information content (AvgIpc) is 2.11. The molecule has 0 aliphatic rings. The second kappa shape index (κ2) is 4.86. The van der Waals surface area contributed by atoms with E-state index in [0.29, 0.717) is 10.0 Å². The van der Waals surface area contributed by atoms with Gasteiger partial charge in [-0.1, -0.05) is 6.92 Å². The molecule has 0 aromatic heterocycles. The normalized spacial score (nSPS) is 14.9. The maximum atomic E-state index is 9.72. The third-order valence-electron chi connectivity index (χ3n) is 2.35. The first kappa shape index (κ1) is 12.3. The number of benzene rings is 1. The van der Waals surface area contributed by atoms with Gasteiger partial charge in [0.15, 0.2) is 0 Å². The van der Waals surface area contributed by atoms with Gasteiger partial charge >= 0.3 is 0 Å². The van der Waals surface area contributed by atoms with E-state index in [-0.39, 0.29) is 23.5 Å².